The first-order valence-corrected chi connectivity index (χ1v) is 4.95. The third-order valence-electron chi connectivity index (χ3n) is 2.13. The zero-order valence-electron chi connectivity index (χ0n) is 8.28. The molecular weight excluding hydrogens is 237 g/mol. The Labute approximate surface area is 96.4 Å². The first-order valence-electron chi connectivity index (χ1n) is 4.57. The first-order chi connectivity index (χ1) is 7.41. The number of carboxylic acid groups (broad SMARTS) is 1. The number of hydrogen-bond donors (Lipinski definition) is 3. The van der Waals surface area contributed by atoms with E-state index in [1.54, 1.807) is 0 Å². The van der Waals surface area contributed by atoms with E-state index in [9.17, 15) is 14.3 Å². The number of halogens is 2. The summed E-state index contributed by atoms with van der Waals surface area (Å²) in [6.07, 6.45) is -0.0581. The molecule has 1 atom stereocenters. The molecule has 0 fully saturated rings. The van der Waals surface area contributed by atoms with Crippen LogP contribution in [0.2, 0.25) is 5.02 Å². The van der Waals surface area contributed by atoms with Gasteiger partial charge in [-0.25, -0.2) is 4.39 Å². The fourth-order valence-corrected chi connectivity index (χ4v) is 1.52. The van der Waals surface area contributed by atoms with Gasteiger partial charge in [0.05, 0.1) is 0 Å². The highest BCUT2D eigenvalue weighted by Crippen LogP contribution is 2.31. The second-order valence-electron chi connectivity index (χ2n) is 3.36. The molecule has 1 aromatic carbocycles. The number of carbonyl (C=O) groups is 1. The lowest BCUT2D eigenvalue weighted by Crippen LogP contribution is -2.13. The van der Waals surface area contributed by atoms with Gasteiger partial charge in [-0.3, -0.25) is 4.79 Å². The largest absolute Gasteiger partial charge is 0.505 e. The Balaban J connectivity index is 2.90. The molecule has 1 unspecified atom stereocenters. The molecule has 6 heteroatoms. The maximum Gasteiger partial charge on any atom is 0.303 e. The Morgan fingerprint density at radius 3 is 2.75 bits per heavy atom. The van der Waals surface area contributed by atoms with E-state index in [1.807, 2.05) is 0 Å². The Kier molecular flexibility index (Phi) is 4.09. The minimum atomic E-state index is -1.00. The molecule has 0 radical (unpaired) electrons. The van der Waals surface area contributed by atoms with Gasteiger partial charge in [0.2, 0.25) is 0 Å². The molecule has 0 aliphatic rings. The molecule has 0 aromatic heterocycles. The van der Waals surface area contributed by atoms with E-state index in [2.05, 4.69) is 0 Å². The molecule has 1 rings (SSSR count). The molecule has 0 saturated carbocycles. The Bertz CT molecular complexity index is 411. The Hall–Kier alpha value is -1.33. The van der Waals surface area contributed by atoms with Gasteiger partial charge in [-0.15, -0.1) is 0 Å². The van der Waals surface area contributed by atoms with Crippen molar-refractivity contribution in [3.8, 4) is 5.75 Å². The van der Waals surface area contributed by atoms with Gasteiger partial charge in [-0.05, 0) is 18.6 Å². The van der Waals surface area contributed by atoms with Crippen LogP contribution in [-0.2, 0) is 4.79 Å². The molecule has 0 aliphatic heterocycles. The van der Waals surface area contributed by atoms with Gasteiger partial charge in [-0.1, -0.05) is 11.6 Å². The summed E-state index contributed by atoms with van der Waals surface area (Å²) in [6, 6.07) is 1.53. The van der Waals surface area contributed by atoms with Crippen molar-refractivity contribution in [2.24, 2.45) is 5.73 Å². The molecule has 0 bridgehead atoms. The third kappa shape index (κ3) is 3.08. The number of hydrogen-bond acceptors (Lipinski definition) is 3. The van der Waals surface area contributed by atoms with Crippen LogP contribution >= 0.6 is 11.6 Å². The molecule has 0 aliphatic carbocycles. The molecule has 4 nitrogen and oxygen atoms in total. The summed E-state index contributed by atoms with van der Waals surface area (Å²) in [7, 11) is 0. The lowest BCUT2D eigenvalue weighted by atomic mass is 10.0. The summed E-state index contributed by atoms with van der Waals surface area (Å²) in [5, 5.41) is 18.0. The smallest absolute Gasteiger partial charge is 0.303 e. The van der Waals surface area contributed by atoms with Crippen molar-refractivity contribution in [3.63, 3.8) is 0 Å². The molecule has 0 spiro atoms. The minimum absolute atomic E-state index is 0.0999. The van der Waals surface area contributed by atoms with Crippen molar-refractivity contribution in [2.75, 3.05) is 0 Å². The normalized spacial score (nSPS) is 12.4. The maximum absolute atomic E-state index is 13.1. The molecule has 4 N–H and O–H groups in total. The summed E-state index contributed by atoms with van der Waals surface area (Å²) < 4.78 is 13.1. The fourth-order valence-electron chi connectivity index (χ4n) is 1.30. The minimum Gasteiger partial charge on any atom is -0.505 e. The number of aliphatic carboxylic acids is 1. The maximum atomic E-state index is 13.1. The van der Waals surface area contributed by atoms with Crippen LogP contribution in [0.3, 0.4) is 0 Å². The van der Waals surface area contributed by atoms with Crippen LogP contribution < -0.4 is 5.73 Å². The second-order valence-corrected chi connectivity index (χ2v) is 3.80. The predicted octanol–water partition coefficient (Wildman–Crippen LogP) is 2.05. The second kappa shape index (κ2) is 5.14. The molecule has 0 amide bonds. The van der Waals surface area contributed by atoms with E-state index >= 15 is 0 Å². The molecule has 16 heavy (non-hydrogen) atoms. The van der Waals surface area contributed by atoms with Gasteiger partial charge in [0.25, 0.3) is 0 Å². The number of carboxylic acids is 1. The van der Waals surface area contributed by atoms with Crippen molar-refractivity contribution in [3.05, 3.63) is 28.5 Å². The zero-order chi connectivity index (χ0) is 12.3. The number of rotatable bonds is 4. The molecule has 0 heterocycles. The summed E-state index contributed by atoms with van der Waals surface area (Å²) in [5.74, 6) is -2.45. The van der Waals surface area contributed by atoms with Gasteiger partial charge < -0.3 is 15.9 Å². The topological polar surface area (TPSA) is 83.6 Å². The van der Waals surface area contributed by atoms with E-state index in [0.717, 1.165) is 6.07 Å². The zero-order valence-corrected chi connectivity index (χ0v) is 9.04. The van der Waals surface area contributed by atoms with Crippen molar-refractivity contribution in [1.29, 1.82) is 0 Å². The average molecular weight is 248 g/mol. The number of phenolic OH excluding ortho intramolecular Hbond substituents is 1. The van der Waals surface area contributed by atoms with Gasteiger partial charge in [0, 0.05) is 23.0 Å². The molecular formula is C10H11ClFNO3. The highest BCUT2D eigenvalue weighted by Gasteiger charge is 2.16. The van der Waals surface area contributed by atoms with Crippen molar-refractivity contribution >= 4 is 17.6 Å². The number of phenols is 1. The molecule has 1 aromatic rings. The van der Waals surface area contributed by atoms with Gasteiger partial charge in [0.1, 0.15) is 0 Å². The van der Waals surface area contributed by atoms with Crippen LogP contribution in [0.15, 0.2) is 12.1 Å². The van der Waals surface area contributed by atoms with Gasteiger partial charge in [-0.2, -0.15) is 0 Å². The van der Waals surface area contributed by atoms with Crippen molar-refractivity contribution < 1.29 is 19.4 Å². The van der Waals surface area contributed by atoms with Crippen LogP contribution in [0.1, 0.15) is 24.4 Å². The van der Waals surface area contributed by atoms with Crippen LogP contribution in [0, 0.1) is 5.82 Å². The number of nitrogens with two attached hydrogens (primary N) is 1. The van der Waals surface area contributed by atoms with Gasteiger partial charge >= 0.3 is 5.97 Å². The highest BCUT2D eigenvalue weighted by molar-refractivity contribution is 6.30. The van der Waals surface area contributed by atoms with E-state index < -0.39 is 23.6 Å². The number of benzene rings is 1. The van der Waals surface area contributed by atoms with Crippen LogP contribution in [0.5, 0.6) is 5.75 Å². The third-order valence-corrected chi connectivity index (χ3v) is 2.34. The molecule has 88 valence electrons. The lowest BCUT2D eigenvalue weighted by molar-refractivity contribution is -0.137. The van der Waals surface area contributed by atoms with Gasteiger partial charge in [0.15, 0.2) is 11.6 Å². The van der Waals surface area contributed by atoms with Crippen molar-refractivity contribution in [2.45, 2.75) is 18.9 Å². The first kappa shape index (κ1) is 12.7. The van der Waals surface area contributed by atoms with E-state index in [4.69, 9.17) is 22.4 Å². The van der Waals surface area contributed by atoms with E-state index in [0.29, 0.717) is 0 Å². The predicted molar refractivity (Wildman–Crippen MR) is 56.9 cm³/mol. The summed E-state index contributed by atoms with van der Waals surface area (Å²) in [4.78, 5) is 10.3. The SMILES string of the molecule is NC(CCC(=O)O)c1cc(Cl)cc(F)c1O. The monoisotopic (exact) mass is 247 g/mol. The van der Waals surface area contributed by atoms with Crippen LogP contribution in [0.25, 0.3) is 0 Å². The molecule has 0 saturated heterocycles. The summed E-state index contributed by atoms with van der Waals surface area (Å²) >= 11 is 5.61. The number of aromatic hydroxyl groups is 1. The Morgan fingerprint density at radius 2 is 2.19 bits per heavy atom. The van der Waals surface area contributed by atoms with E-state index in [1.165, 1.54) is 6.07 Å². The summed E-state index contributed by atoms with van der Waals surface area (Å²) in [6.45, 7) is 0. The Morgan fingerprint density at radius 1 is 1.56 bits per heavy atom. The van der Waals surface area contributed by atoms with E-state index in [-0.39, 0.29) is 23.4 Å². The fraction of sp³-hybridized carbons (Fsp3) is 0.300. The van der Waals surface area contributed by atoms with Crippen LogP contribution in [-0.4, -0.2) is 16.2 Å². The summed E-state index contributed by atoms with van der Waals surface area (Å²) in [5.41, 5.74) is 5.75. The quantitative estimate of drug-likeness (QED) is 0.760. The van der Waals surface area contributed by atoms with Crippen LogP contribution in [0.4, 0.5) is 4.39 Å². The lowest BCUT2D eigenvalue weighted by Gasteiger charge is -2.13. The highest BCUT2D eigenvalue weighted by atomic mass is 35.5. The average Bonchev–Trinajstić information content (AvgIpc) is 2.19. The standard InChI is InChI=1S/C10H11ClFNO3/c11-5-3-6(10(16)7(12)4-5)8(13)1-2-9(14)15/h3-4,8,16H,1-2,13H2,(H,14,15). The van der Waals surface area contributed by atoms with Crippen molar-refractivity contribution in [1.82, 2.24) is 0 Å².